The van der Waals surface area contributed by atoms with E-state index in [2.05, 4.69) is 0 Å². The molecule has 0 saturated carbocycles. The fourth-order valence-electron chi connectivity index (χ4n) is 2.20. The summed E-state index contributed by atoms with van der Waals surface area (Å²) >= 11 is 0. The first-order valence-corrected chi connectivity index (χ1v) is 6.98. The summed E-state index contributed by atoms with van der Waals surface area (Å²) in [5.74, 6) is -1.41. The number of Topliss-reactive ketones (excluding diaryl/α,β-unsaturated/α-hetero) is 1. The van der Waals surface area contributed by atoms with Crippen molar-refractivity contribution in [3.63, 3.8) is 0 Å². The molecule has 1 aromatic heterocycles. The van der Waals surface area contributed by atoms with E-state index in [1.807, 2.05) is 0 Å². The van der Waals surface area contributed by atoms with Crippen molar-refractivity contribution < 1.29 is 23.7 Å². The van der Waals surface area contributed by atoms with Gasteiger partial charge in [0.1, 0.15) is 11.1 Å². The van der Waals surface area contributed by atoms with Crippen molar-refractivity contribution in [2.24, 2.45) is 0 Å². The van der Waals surface area contributed by atoms with Gasteiger partial charge in [-0.2, -0.15) is 0 Å². The lowest BCUT2D eigenvalue weighted by Crippen LogP contribution is -2.14. The average molecular weight is 325 g/mol. The van der Waals surface area contributed by atoms with Gasteiger partial charge in [0.2, 0.25) is 5.78 Å². The summed E-state index contributed by atoms with van der Waals surface area (Å²) < 4.78 is 10.3. The molecule has 7 nitrogen and oxygen atoms in total. The van der Waals surface area contributed by atoms with E-state index >= 15 is 0 Å². The number of ether oxygens (including phenoxy) is 1. The minimum absolute atomic E-state index is 0.0616. The summed E-state index contributed by atoms with van der Waals surface area (Å²) in [5, 5.41) is 11.7. The maximum absolute atomic E-state index is 12.1. The van der Waals surface area contributed by atoms with Gasteiger partial charge in [-0.05, 0) is 18.2 Å². The SMILES string of the molecule is O=C(COC(=O)c1ccccc1[N+](=O)[O-])c1cc2ccccc2o1. The number of para-hydroxylation sites is 2. The first kappa shape index (κ1) is 15.4. The molecule has 3 aromatic rings. The van der Waals surface area contributed by atoms with Gasteiger partial charge in [0.25, 0.3) is 5.69 Å². The van der Waals surface area contributed by atoms with Crippen molar-refractivity contribution in [2.75, 3.05) is 6.61 Å². The molecule has 0 saturated heterocycles. The van der Waals surface area contributed by atoms with Crippen LogP contribution in [0.5, 0.6) is 0 Å². The number of hydrogen-bond acceptors (Lipinski definition) is 6. The Morgan fingerprint density at radius 3 is 2.54 bits per heavy atom. The van der Waals surface area contributed by atoms with Gasteiger partial charge >= 0.3 is 5.97 Å². The summed E-state index contributed by atoms with van der Waals surface area (Å²) in [4.78, 5) is 34.3. The molecule has 0 amide bonds. The number of nitro benzene ring substituents is 1. The van der Waals surface area contributed by atoms with E-state index in [-0.39, 0.29) is 17.0 Å². The van der Waals surface area contributed by atoms with Crippen molar-refractivity contribution in [1.82, 2.24) is 0 Å². The van der Waals surface area contributed by atoms with Crippen LogP contribution >= 0.6 is 0 Å². The molecule has 3 rings (SSSR count). The highest BCUT2D eigenvalue weighted by Crippen LogP contribution is 2.20. The second-order valence-corrected chi connectivity index (χ2v) is 4.92. The van der Waals surface area contributed by atoms with Gasteiger partial charge in [0, 0.05) is 11.5 Å². The van der Waals surface area contributed by atoms with E-state index in [4.69, 9.17) is 9.15 Å². The number of rotatable bonds is 5. The van der Waals surface area contributed by atoms with Gasteiger partial charge in [-0.1, -0.05) is 30.3 Å². The topological polar surface area (TPSA) is 99.7 Å². The Morgan fingerprint density at radius 2 is 1.79 bits per heavy atom. The number of fused-ring (bicyclic) bond motifs is 1. The molecular formula is C17H11NO6. The van der Waals surface area contributed by atoms with Crippen LogP contribution in [0.25, 0.3) is 11.0 Å². The molecule has 0 aliphatic rings. The van der Waals surface area contributed by atoms with E-state index in [1.54, 1.807) is 30.3 Å². The number of carbonyl (C=O) groups is 2. The van der Waals surface area contributed by atoms with Crippen molar-refractivity contribution >= 4 is 28.4 Å². The Kier molecular flexibility index (Phi) is 4.07. The summed E-state index contributed by atoms with van der Waals surface area (Å²) in [6.07, 6.45) is 0. The van der Waals surface area contributed by atoms with Crippen molar-refractivity contribution in [3.8, 4) is 0 Å². The third kappa shape index (κ3) is 3.00. The van der Waals surface area contributed by atoms with Gasteiger partial charge in [0.15, 0.2) is 12.4 Å². The largest absolute Gasteiger partial charge is 0.453 e. The Morgan fingerprint density at radius 1 is 1.08 bits per heavy atom. The Hall–Kier alpha value is -3.48. The lowest BCUT2D eigenvalue weighted by atomic mass is 10.2. The quantitative estimate of drug-likeness (QED) is 0.308. The number of nitro groups is 1. The van der Waals surface area contributed by atoms with Gasteiger partial charge in [-0.15, -0.1) is 0 Å². The second-order valence-electron chi connectivity index (χ2n) is 4.92. The lowest BCUT2D eigenvalue weighted by Gasteiger charge is -2.03. The van der Waals surface area contributed by atoms with Crippen LogP contribution in [0.2, 0.25) is 0 Å². The molecule has 0 aliphatic carbocycles. The molecule has 2 aromatic carbocycles. The number of ketones is 1. The molecule has 24 heavy (non-hydrogen) atoms. The zero-order valence-electron chi connectivity index (χ0n) is 12.3. The highest BCUT2D eigenvalue weighted by molar-refractivity contribution is 6.01. The second kappa shape index (κ2) is 6.33. The van der Waals surface area contributed by atoms with E-state index < -0.39 is 23.3 Å². The van der Waals surface area contributed by atoms with E-state index in [9.17, 15) is 19.7 Å². The summed E-state index contributed by atoms with van der Waals surface area (Å²) in [7, 11) is 0. The third-order valence-corrected chi connectivity index (χ3v) is 3.36. The Balaban J connectivity index is 1.72. The van der Waals surface area contributed by atoms with E-state index in [1.165, 1.54) is 24.3 Å². The minimum Gasteiger partial charge on any atom is -0.453 e. The van der Waals surface area contributed by atoms with Crippen LogP contribution in [0.4, 0.5) is 5.69 Å². The van der Waals surface area contributed by atoms with Crippen LogP contribution < -0.4 is 0 Å². The van der Waals surface area contributed by atoms with Crippen LogP contribution in [0.1, 0.15) is 20.9 Å². The van der Waals surface area contributed by atoms with Crippen molar-refractivity contribution in [2.45, 2.75) is 0 Å². The molecule has 0 atom stereocenters. The van der Waals surface area contributed by atoms with Crippen molar-refractivity contribution in [1.29, 1.82) is 0 Å². The minimum atomic E-state index is -0.938. The smallest absolute Gasteiger partial charge is 0.345 e. The molecule has 0 bridgehead atoms. The van der Waals surface area contributed by atoms with Gasteiger partial charge in [0.05, 0.1) is 4.92 Å². The molecule has 0 fully saturated rings. The number of furan rings is 1. The van der Waals surface area contributed by atoms with Gasteiger partial charge in [-0.25, -0.2) is 4.79 Å². The van der Waals surface area contributed by atoms with Crippen LogP contribution in [0, 0.1) is 10.1 Å². The van der Waals surface area contributed by atoms with Gasteiger partial charge in [-0.3, -0.25) is 14.9 Å². The Bertz CT molecular complexity index is 910. The number of esters is 1. The maximum atomic E-state index is 12.1. The van der Waals surface area contributed by atoms with Crippen molar-refractivity contribution in [3.05, 3.63) is 76.0 Å². The predicted octanol–water partition coefficient (Wildman–Crippen LogP) is 3.38. The van der Waals surface area contributed by atoms with Gasteiger partial charge < -0.3 is 9.15 Å². The van der Waals surface area contributed by atoms with E-state index in [0.717, 1.165) is 5.39 Å². The summed E-state index contributed by atoms with van der Waals surface area (Å²) in [6, 6.07) is 14.0. The molecule has 0 radical (unpaired) electrons. The normalized spacial score (nSPS) is 10.5. The number of nitrogens with zero attached hydrogens (tertiary/aromatic N) is 1. The highest BCUT2D eigenvalue weighted by atomic mass is 16.6. The average Bonchev–Trinajstić information content (AvgIpc) is 3.03. The highest BCUT2D eigenvalue weighted by Gasteiger charge is 2.22. The van der Waals surface area contributed by atoms with Crippen LogP contribution in [0.3, 0.4) is 0 Å². The monoisotopic (exact) mass is 325 g/mol. The zero-order valence-corrected chi connectivity index (χ0v) is 12.3. The molecule has 120 valence electrons. The molecular weight excluding hydrogens is 314 g/mol. The first-order valence-electron chi connectivity index (χ1n) is 6.98. The fourth-order valence-corrected chi connectivity index (χ4v) is 2.20. The maximum Gasteiger partial charge on any atom is 0.345 e. The molecule has 0 aliphatic heterocycles. The molecule has 0 unspecified atom stereocenters. The third-order valence-electron chi connectivity index (χ3n) is 3.36. The lowest BCUT2D eigenvalue weighted by molar-refractivity contribution is -0.385. The standard InChI is InChI=1S/C17H11NO6/c19-14(16-9-11-5-1-4-8-15(11)24-16)10-23-17(20)12-6-2-3-7-13(12)18(21)22/h1-9H,10H2. The fraction of sp³-hybridized carbons (Fsp3) is 0.0588. The van der Waals surface area contributed by atoms with E-state index in [0.29, 0.717) is 5.58 Å². The van der Waals surface area contributed by atoms with Crippen LogP contribution in [-0.2, 0) is 4.74 Å². The first-order chi connectivity index (χ1) is 11.6. The Labute approximate surface area is 135 Å². The van der Waals surface area contributed by atoms with Crippen LogP contribution in [-0.4, -0.2) is 23.3 Å². The number of hydrogen-bond donors (Lipinski definition) is 0. The molecule has 0 N–H and O–H groups in total. The molecule has 7 heteroatoms. The zero-order chi connectivity index (χ0) is 17.1. The number of benzene rings is 2. The van der Waals surface area contributed by atoms with Crippen LogP contribution in [0.15, 0.2) is 59.0 Å². The summed E-state index contributed by atoms with van der Waals surface area (Å²) in [5.41, 5.74) is -0.0375. The predicted molar refractivity (Wildman–Crippen MR) is 83.9 cm³/mol. The number of carbonyl (C=O) groups excluding carboxylic acids is 2. The molecule has 0 spiro atoms. The molecule has 1 heterocycles. The summed E-state index contributed by atoms with van der Waals surface area (Å²) in [6.45, 7) is -0.565.